The summed E-state index contributed by atoms with van der Waals surface area (Å²) in [5.41, 5.74) is -0.206. The molecule has 4 nitrogen and oxygen atoms in total. The molecule has 0 radical (unpaired) electrons. The molecule has 19 heavy (non-hydrogen) atoms. The van der Waals surface area contributed by atoms with Gasteiger partial charge in [0.1, 0.15) is 5.75 Å². The Morgan fingerprint density at radius 1 is 1.42 bits per heavy atom. The monoisotopic (exact) mass is 341 g/mol. The van der Waals surface area contributed by atoms with Gasteiger partial charge in [-0.15, -0.1) is 13.2 Å². The molecule has 0 heterocycles. The molecule has 1 N–H and O–H groups in total. The normalized spacial score (nSPS) is 11.2. The van der Waals surface area contributed by atoms with Crippen LogP contribution < -0.4 is 10.1 Å². The standard InChI is InChI=1S/C11H11BrF3NO3/c1-18-5-4-16-10(17)8-6-7(12)2-3-9(8)19-11(13,14)15/h2-3,6H,4-5H2,1H3,(H,16,17). The molecule has 0 aliphatic heterocycles. The summed E-state index contributed by atoms with van der Waals surface area (Å²) in [7, 11) is 1.45. The highest BCUT2D eigenvalue weighted by Crippen LogP contribution is 2.28. The van der Waals surface area contributed by atoms with Crippen molar-refractivity contribution in [2.45, 2.75) is 6.36 Å². The first-order valence-electron chi connectivity index (χ1n) is 5.16. The first-order valence-corrected chi connectivity index (χ1v) is 5.95. The lowest BCUT2D eigenvalue weighted by molar-refractivity contribution is -0.274. The van der Waals surface area contributed by atoms with Gasteiger partial charge >= 0.3 is 6.36 Å². The molecular formula is C11H11BrF3NO3. The lowest BCUT2D eigenvalue weighted by atomic mass is 10.2. The second kappa shape index (κ2) is 6.76. The van der Waals surface area contributed by atoms with Crippen molar-refractivity contribution in [1.82, 2.24) is 5.32 Å². The number of methoxy groups -OCH3 is 1. The Bertz CT molecular complexity index is 451. The Morgan fingerprint density at radius 3 is 2.68 bits per heavy atom. The average molecular weight is 342 g/mol. The summed E-state index contributed by atoms with van der Waals surface area (Å²) in [5.74, 6) is -1.22. The molecule has 0 bridgehead atoms. The summed E-state index contributed by atoms with van der Waals surface area (Å²) >= 11 is 3.08. The maximum Gasteiger partial charge on any atom is 0.573 e. The third-order valence-electron chi connectivity index (χ3n) is 2.00. The molecule has 0 aromatic heterocycles. The van der Waals surface area contributed by atoms with Gasteiger partial charge in [0.2, 0.25) is 0 Å². The van der Waals surface area contributed by atoms with E-state index in [2.05, 4.69) is 26.0 Å². The number of carbonyl (C=O) groups is 1. The topological polar surface area (TPSA) is 47.6 Å². The van der Waals surface area contributed by atoms with E-state index in [0.29, 0.717) is 4.47 Å². The van der Waals surface area contributed by atoms with Gasteiger partial charge in [-0.25, -0.2) is 0 Å². The van der Waals surface area contributed by atoms with Crippen molar-refractivity contribution < 1.29 is 27.4 Å². The second-order valence-corrected chi connectivity index (χ2v) is 4.35. The van der Waals surface area contributed by atoms with Crippen LogP contribution in [0.4, 0.5) is 13.2 Å². The summed E-state index contributed by atoms with van der Waals surface area (Å²) in [6.45, 7) is 0.447. The van der Waals surface area contributed by atoms with Crippen LogP contribution in [0.1, 0.15) is 10.4 Å². The molecule has 0 atom stereocenters. The molecule has 0 saturated carbocycles. The molecule has 0 unspecified atom stereocenters. The smallest absolute Gasteiger partial charge is 0.405 e. The lowest BCUT2D eigenvalue weighted by Gasteiger charge is -2.13. The molecule has 0 saturated heterocycles. The summed E-state index contributed by atoms with van der Waals surface area (Å²) < 4.78 is 45.6. The number of alkyl halides is 3. The van der Waals surface area contributed by atoms with Crippen LogP contribution in [-0.4, -0.2) is 32.5 Å². The molecular weight excluding hydrogens is 331 g/mol. The number of hydrogen-bond donors (Lipinski definition) is 1. The van der Waals surface area contributed by atoms with Gasteiger partial charge in [-0.05, 0) is 18.2 Å². The fourth-order valence-electron chi connectivity index (χ4n) is 1.26. The Morgan fingerprint density at radius 2 is 2.11 bits per heavy atom. The average Bonchev–Trinajstić information content (AvgIpc) is 2.30. The van der Waals surface area contributed by atoms with Gasteiger partial charge in [0.15, 0.2) is 0 Å². The molecule has 8 heteroatoms. The van der Waals surface area contributed by atoms with Crippen LogP contribution in [0, 0.1) is 0 Å². The minimum absolute atomic E-state index is 0.188. The summed E-state index contributed by atoms with van der Waals surface area (Å²) in [5, 5.41) is 2.42. The van der Waals surface area contributed by atoms with Crippen molar-refractivity contribution >= 4 is 21.8 Å². The van der Waals surface area contributed by atoms with E-state index in [-0.39, 0.29) is 18.7 Å². The summed E-state index contributed by atoms with van der Waals surface area (Å²) in [6, 6.07) is 3.68. The van der Waals surface area contributed by atoms with E-state index in [0.717, 1.165) is 6.07 Å². The Hall–Kier alpha value is -1.28. The van der Waals surface area contributed by atoms with Crippen LogP contribution in [0.2, 0.25) is 0 Å². The second-order valence-electron chi connectivity index (χ2n) is 3.44. The zero-order valence-electron chi connectivity index (χ0n) is 9.88. The molecule has 1 rings (SSSR count). The van der Waals surface area contributed by atoms with Crippen LogP contribution in [0.15, 0.2) is 22.7 Å². The quantitative estimate of drug-likeness (QED) is 0.837. The predicted molar refractivity (Wildman–Crippen MR) is 65.0 cm³/mol. The van der Waals surface area contributed by atoms with E-state index >= 15 is 0 Å². The van der Waals surface area contributed by atoms with Crippen molar-refractivity contribution in [2.75, 3.05) is 20.3 Å². The number of ether oxygens (including phenoxy) is 2. The first kappa shape index (κ1) is 15.8. The first-order chi connectivity index (χ1) is 8.83. The van der Waals surface area contributed by atoms with Crippen molar-refractivity contribution in [2.24, 2.45) is 0 Å². The number of amides is 1. The number of hydrogen-bond acceptors (Lipinski definition) is 3. The van der Waals surface area contributed by atoms with E-state index in [1.54, 1.807) is 0 Å². The lowest BCUT2D eigenvalue weighted by Crippen LogP contribution is -2.28. The van der Waals surface area contributed by atoms with Gasteiger partial charge in [0, 0.05) is 18.1 Å². The molecule has 0 spiro atoms. The van der Waals surface area contributed by atoms with Gasteiger partial charge < -0.3 is 14.8 Å². The molecule has 1 aromatic rings. The Labute approximate surface area is 116 Å². The van der Waals surface area contributed by atoms with E-state index in [4.69, 9.17) is 4.74 Å². The minimum Gasteiger partial charge on any atom is -0.405 e. The number of benzene rings is 1. The molecule has 0 fully saturated rings. The fourth-order valence-corrected chi connectivity index (χ4v) is 1.62. The van der Waals surface area contributed by atoms with Crippen LogP contribution >= 0.6 is 15.9 Å². The highest BCUT2D eigenvalue weighted by atomic mass is 79.9. The molecule has 0 aliphatic carbocycles. The maximum atomic E-state index is 12.2. The summed E-state index contributed by atoms with van der Waals surface area (Å²) in [6.07, 6.45) is -4.85. The predicted octanol–water partition coefficient (Wildman–Crippen LogP) is 2.72. The Kier molecular flexibility index (Phi) is 5.61. The van der Waals surface area contributed by atoms with Crippen LogP contribution in [0.5, 0.6) is 5.75 Å². The highest BCUT2D eigenvalue weighted by molar-refractivity contribution is 9.10. The SMILES string of the molecule is COCCNC(=O)c1cc(Br)ccc1OC(F)(F)F. The van der Waals surface area contributed by atoms with Gasteiger partial charge in [-0.2, -0.15) is 0 Å². The third kappa shape index (κ3) is 5.48. The Balaban J connectivity index is 2.90. The number of nitrogens with one attached hydrogen (secondary N) is 1. The van der Waals surface area contributed by atoms with E-state index < -0.39 is 18.0 Å². The number of carbonyl (C=O) groups excluding carboxylic acids is 1. The van der Waals surface area contributed by atoms with Crippen molar-refractivity contribution in [3.05, 3.63) is 28.2 Å². The zero-order chi connectivity index (χ0) is 14.5. The molecule has 106 valence electrons. The minimum atomic E-state index is -4.85. The van der Waals surface area contributed by atoms with E-state index in [1.165, 1.54) is 19.2 Å². The molecule has 1 amide bonds. The van der Waals surface area contributed by atoms with Crippen molar-refractivity contribution in [1.29, 1.82) is 0 Å². The van der Waals surface area contributed by atoms with Crippen LogP contribution in [-0.2, 0) is 4.74 Å². The van der Waals surface area contributed by atoms with Crippen molar-refractivity contribution in [3.8, 4) is 5.75 Å². The fraction of sp³-hybridized carbons (Fsp3) is 0.364. The van der Waals surface area contributed by atoms with Crippen LogP contribution in [0.3, 0.4) is 0 Å². The largest absolute Gasteiger partial charge is 0.573 e. The van der Waals surface area contributed by atoms with Gasteiger partial charge in [0.25, 0.3) is 5.91 Å². The molecule has 0 aliphatic rings. The van der Waals surface area contributed by atoms with E-state index in [1.807, 2.05) is 0 Å². The van der Waals surface area contributed by atoms with Crippen LogP contribution in [0.25, 0.3) is 0 Å². The molecule has 1 aromatic carbocycles. The van der Waals surface area contributed by atoms with Crippen molar-refractivity contribution in [3.63, 3.8) is 0 Å². The summed E-state index contributed by atoms with van der Waals surface area (Å²) in [4.78, 5) is 11.7. The zero-order valence-corrected chi connectivity index (χ0v) is 11.5. The van der Waals surface area contributed by atoms with Gasteiger partial charge in [-0.1, -0.05) is 15.9 Å². The maximum absolute atomic E-state index is 12.2. The highest BCUT2D eigenvalue weighted by Gasteiger charge is 2.33. The van der Waals surface area contributed by atoms with Gasteiger partial charge in [-0.3, -0.25) is 4.79 Å². The van der Waals surface area contributed by atoms with E-state index in [9.17, 15) is 18.0 Å². The number of halogens is 4. The van der Waals surface area contributed by atoms with Gasteiger partial charge in [0.05, 0.1) is 12.2 Å². The number of rotatable bonds is 5. The third-order valence-corrected chi connectivity index (χ3v) is 2.50.